The summed E-state index contributed by atoms with van der Waals surface area (Å²) < 4.78 is 6.12. The van der Waals surface area contributed by atoms with E-state index in [2.05, 4.69) is 95.0 Å². The van der Waals surface area contributed by atoms with Gasteiger partial charge in [-0.15, -0.1) is 0 Å². The zero-order valence-electron chi connectivity index (χ0n) is 25.0. The first-order valence-electron chi connectivity index (χ1n) is 14.1. The molecule has 4 aromatic rings. The molecule has 0 bridgehead atoms. The minimum absolute atomic E-state index is 0.0138. The molecule has 1 atom stereocenters. The van der Waals surface area contributed by atoms with Crippen LogP contribution < -0.4 is 21.3 Å². The van der Waals surface area contributed by atoms with E-state index < -0.39 is 0 Å². The number of hydrazine groups is 1. The van der Waals surface area contributed by atoms with Crippen molar-refractivity contribution in [3.05, 3.63) is 93.5 Å². The second kappa shape index (κ2) is 10.8. The highest BCUT2D eigenvalue weighted by Gasteiger charge is 2.31. The van der Waals surface area contributed by atoms with Gasteiger partial charge < -0.3 is 15.5 Å². The number of fused-ring (bicyclic) bond motifs is 2. The molecule has 40 heavy (non-hydrogen) atoms. The van der Waals surface area contributed by atoms with Crippen LogP contribution in [0.4, 0.5) is 11.4 Å². The first-order valence-corrected chi connectivity index (χ1v) is 14.1. The number of aryl methyl sites for hydroxylation is 2. The number of ether oxygens (including phenoxy) is 1. The lowest BCUT2D eigenvalue weighted by Crippen LogP contribution is -2.27. The van der Waals surface area contributed by atoms with Crippen LogP contribution >= 0.6 is 0 Å². The molecule has 0 saturated heterocycles. The fourth-order valence-corrected chi connectivity index (χ4v) is 6.07. The van der Waals surface area contributed by atoms with Crippen molar-refractivity contribution in [2.75, 3.05) is 30.9 Å². The SMILES string of the molecule is Cc1ccc2nc3c(cc2c1)CN(Cc1cc(C(c2ccc(N(C)N)c(N)c2C)C(C)(C)C)ccc1C)CCO3. The summed E-state index contributed by atoms with van der Waals surface area (Å²) in [6.07, 6.45) is 0. The molecule has 3 aromatic carbocycles. The van der Waals surface area contributed by atoms with Crippen LogP contribution in [0.2, 0.25) is 0 Å². The lowest BCUT2D eigenvalue weighted by Gasteiger charge is -2.34. The van der Waals surface area contributed by atoms with Gasteiger partial charge in [0.25, 0.3) is 0 Å². The van der Waals surface area contributed by atoms with E-state index in [4.69, 9.17) is 21.3 Å². The van der Waals surface area contributed by atoms with E-state index in [1.165, 1.54) is 27.8 Å². The van der Waals surface area contributed by atoms with Gasteiger partial charge in [0.15, 0.2) is 0 Å². The van der Waals surface area contributed by atoms with E-state index >= 15 is 0 Å². The summed E-state index contributed by atoms with van der Waals surface area (Å²) in [7, 11) is 1.82. The van der Waals surface area contributed by atoms with Crippen LogP contribution in [0.3, 0.4) is 0 Å². The Balaban J connectivity index is 1.48. The standard InChI is InChI=1S/C34H43N5O/c1-21-8-12-29-25(16-21)18-27-20-39(14-15-40-33(27)37-29)19-26-17-24(10-9-22(26)2)31(34(4,5)6)28-11-13-30(38(7)36)32(35)23(28)3/h8-13,16-18,31H,14-15,19-20,35-36H2,1-7H3. The van der Waals surface area contributed by atoms with Gasteiger partial charge in [-0.3, -0.25) is 4.90 Å². The summed E-state index contributed by atoms with van der Waals surface area (Å²) >= 11 is 0. The number of nitrogens with zero attached hydrogens (tertiary/aromatic N) is 3. The highest BCUT2D eigenvalue weighted by Crippen LogP contribution is 2.44. The Morgan fingerprint density at radius 1 is 1.02 bits per heavy atom. The van der Waals surface area contributed by atoms with Crippen LogP contribution in [0.25, 0.3) is 10.9 Å². The molecule has 4 N–H and O–H groups in total. The first kappa shape index (κ1) is 27.9. The van der Waals surface area contributed by atoms with E-state index in [0.717, 1.165) is 58.9 Å². The van der Waals surface area contributed by atoms with Crippen LogP contribution in [-0.2, 0) is 13.1 Å². The third-order valence-electron chi connectivity index (χ3n) is 8.24. The Labute approximate surface area is 238 Å². The van der Waals surface area contributed by atoms with Gasteiger partial charge in [-0.05, 0) is 78.3 Å². The highest BCUT2D eigenvalue weighted by molar-refractivity contribution is 5.81. The summed E-state index contributed by atoms with van der Waals surface area (Å²) in [4.78, 5) is 7.31. The molecule has 0 saturated carbocycles. The van der Waals surface area contributed by atoms with Crippen LogP contribution in [-0.4, -0.2) is 30.1 Å². The van der Waals surface area contributed by atoms with E-state index in [-0.39, 0.29) is 11.3 Å². The molecule has 6 heteroatoms. The summed E-state index contributed by atoms with van der Waals surface area (Å²) in [6.45, 7) is 16.5. The van der Waals surface area contributed by atoms with Gasteiger partial charge in [0, 0.05) is 43.5 Å². The molecule has 210 valence electrons. The smallest absolute Gasteiger partial charge is 0.218 e. The van der Waals surface area contributed by atoms with Crippen LogP contribution in [0.15, 0.2) is 54.6 Å². The van der Waals surface area contributed by atoms with Crippen molar-refractivity contribution in [3.63, 3.8) is 0 Å². The Hall–Kier alpha value is -3.61. The van der Waals surface area contributed by atoms with Crippen molar-refractivity contribution in [1.82, 2.24) is 9.88 Å². The summed E-state index contributed by atoms with van der Waals surface area (Å²) in [5, 5.41) is 2.75. The fraction of sp³-hybridized carbons (Fsp3) is 0.382. The Bertz CT molecular complexity index is 1550. The van der Waals surface area contributed by atoms with Crippen LogP contribution in [0, 0.1) is 26.2 Å². The third-order valence-corrected chi connectivity index (χ3v) is 8.24. The molecule has 0 fully saturated rings. The summed E-state index contributed by atoms with van der Waals surface area (Å²) in [6, 6.07) is 19.8. The van der Waals surface area contributed by atoms with Gasteiger partial charge in [0.05, 0.1) is 16.9 Å². The Morgan fingerprint density at radius 2 is 1.80 bits per heavy atom. The lowest BCUT2D eigenvalue weighted by atomic mass is 9.71. The summed E-state index contributed by atoms with van der Waals surface area (Å²) in [5.41, 5.74) is 17.8. The maximum absolute atomic E-state index is 6.57. The van der Waals surface area contributed by atoms with Crippen molar-refractivity contribution in [2.45, 2.75) is 60.5 Å². The van der Waals surface area contributed by atoms with Gasteiger partial charge in [0.1, 0.15) is 6.61 Å². The number of rotatable bonds is 5. The minimum Gasteiger partial charge on any atom is -0.476 e. The predicted octanol–water partition coefficient (Wildman–Crippen LogP) is 6.62. The molecular formula is C34H43N5O. The monoisotopic (exact) mass is 537 g/mol. The van der Waals surface area contributed by atoms with Crippen LogP contribution in [0.5, 0.6) is 5.88 Å². The number of aromatic nitrogens is 1. The summed E-state index contributed by atoms with van der Waals surface area (Å²) in [5.74, 6) is 6.98. The van der Waals surface area contributed by atoms with Gasteiger partial charge in [-0.2, -0.15) is 0 Å². The van der Waals surface area contributed by atoms with Gasteiger partial charge >= 0.3 is 0 Å². The normalized spacial score (nSPS) is 14.9. The predicted molar refractivity (Wildman–Crippen MR) is 167 cm³/mol. The Morgan fingerprint density at radius 3 is 2.52 bits per heavy atom. The molecule has 0 amide bonds. The molecule has 5 rings (SSSR count). The van der Waals surface area contributed by atoms with E-state index in [1.54, 1.807) is 5.01 Å². The fourth-order valence-electron chi connectivity index (χ4n) is 6.07. The highest BCUT2D eigenvalue weighted by atomic mass is 16.5. The number of pyridine rings is 1. The van der Waals surface area contributed by atoms with E-state index in [0.29, 0.717) is 6.61 Å². The van der Waals surface area contributed by atoms with Crippen molar-refractivity contribution in [1.29, 1.82) is 0 Å². The number of nitrogen functional groups attached to an aromatic ring is 1. The Kier molecular flexibility index (Phi) is 7.51. The zero-order valence-corrected chi connectivity index (χ0v) is 25.0. The second-order valence-corrected chi connectivity index (χ2v) is 12.5. The van der Waals surface area contributed by atoms with Crippen molar-refractivity contribution in [3.8, 4) is 5.88 Å². The average Bonchev–Trinajstić information content (AvgIpc) is 3.07. The molecule has 0 aliphatic carbocycles. The van der Waals surface area contributed by atoms with E-state index in [9.17, 15) is 0 Å². The molecule has 0 spiro atoms. The van der Waals surface area contributed by atoms with Crippen molar-refractivity contribution in [2.24, 2.45) is 11.3 Å². The number of benzene rings is 3. The largest absolute Gasteiger partial charge is 0.476 e. The molecule has 1 unspecified atom stereocenters. The number of hydrogen-bond acceptors (Lipinski definition) is 6. The first-order chi connectivity index (χ1) is 18.9. The molecule has 1 aromatic heterocycles. The maximum atomic E-state index is 6.57. The van der Waals surface area contributed by atoms with Gasteiger partial charge in [-0.25, -0.2) is 10.8 Å². The lowest BCUT2D eigenvalue weighted by molar-refractivity contribution is 0.217. The van der Waals surface area contributed by atoms with E-state index in [1.807, 2.05) is 13.1 Å². The number of anilines is 2. The molecular weight excluding hydrogens is 494 g/mol. The van der Waals surface area contributed by atoms with Gasteiger partial charge in [0.2, 0.25) is 5.88 Å². The van der Waals surface area contributed by atoms with Crippen molar-refractivity contribution < 1.29 is 4.74 Å². The molecule has 0 radical (unpaired) electrons. The van der Waals surface area contributed by atoms with Gasteiger partial charge in [-0.1, -0.05) is 56.7 Å². The molecule has 6 nitrogen and oxygen atoms in total. The number of hydrogen-bond donors (Lipinski definition) is 2. The number of nitrogens with two attached hydrogens (primary N) is 2. The van der Waals surface area contributed by atoms with Crippen molar-refractivity contribution >= 4 is 22.3 Å². The third kappa shape index (κ3) is 5.51. The topological polar surface area (TPSA) is 80.6 Å². The molecule has 2 heterocycles. The molecule has 1 aliphatic heterocycles. The molecule has 1 aliphatic rings. The maximum Gasteiger partial charge on any atom is 0.218 e. The second-order valence-electron chi connectivity index (χ2n) is 12.5. The zero-order chi connectivity index (χ0) is 28.8. The average molecular weight is 538 g/mol. The van der Waals surface area contributed by atoms with Crippen LogP contribution in [0.1, 0.15) is 65.6 Å². The minimum atomic E-state index is -0.0138. The quantitative estimate of drug-likeness (QED) is 0.169.